The maximum Gasteiger partial charge on any atom is 0.138 e. The second-order valence-corrected chi connectivity index (χ2v) is 4.14. The lowest BCUT2D eigenvalue weighted by Gasteiger charge is -2.03. The number of aromatic amines is 1. The zero-order valence-electron chi connectivity index (χ0n) is 8.13. The van der Waals surface area contributed by atoms with Gasteiger partial charge in [0, 0.05) is 21.9 Å². The molecule has 1 N–H and O–H groups in total. The second kappa shape index (κ2) is 3.58. The first-order valence-electron chi connectivity index (χ1n) is 4.45. The van der Waals surface area contributed by atoms with Crippen LogP contribution in [0.1, 0.15) is 11.3 Å². The third-order valence-electron chi connectivity index (χ3n) is 2.15. The van der Waals surface area contributed by atoms with Crippen LogP contribution < -0.4 is 0 Å². The number of aryl methyl sites for hydroxylation is 2. The monoisotopic (exact) mass is 250 g/mol. The highest BCUT2D eigenvalue weighted by molar-refractivity contribution is 9.10. The lowest BCUT2D eigenvalue weighted by Crippen LogP contribution is -1.85. The molecule has 2 rings (SSSR count). The van der Waals surface area contributed by atoms with E-state index in [1.54, 1.807) is 0 Å². The highest BCUT2D eigenvalue weighted by Gasteiger charge is 2.07. The molecule has 0 radical (unpaired) electrons. The van der Waals surface area contributed by atoms with Gasteiger partial charge in [0.15, 0.2) is 0 Å². The van der Waals surface area contributed by atoms with Crippen molar-refractivity contribution >= 4 is 15.9 Å². The standard InChI is InChI=1S/C11H11BrN2/c1-7-4-3-5-9(10(7)12)11-13-6-8(2)14-11/h3-6H,1-2H3,(H,13,14). The van der Waals surface area contributed by atoms with Gasteiger partial charge in [-0.1, -0.05) is 18.2 Å². The number of imidazole rings is 1. The summed E-state index contributed by atoms with van der Waals surface area (Å²) in [6, 6.07) is 6.16. The smallest absolute Gasteiger partial charge is 0.138 e. The Morgan fingerprint density at radius 2 is 2.07 bits per heavy atom. The van der Waals surface area contributed by atoms with Gasteiger partial charge >= 0.3 is 0 Å². The Kier molecular flexibility index (Phi) is 2.42. The molecule has 0 aliphatic rings. The van der Waals surface area contributed by atoms with Crippen molar-refractivity contribution in [2.45, 2.75) is 13.8 Å². The Balaban J connectivity index is 2.57. The van der Waals surface area contributed by atoms with Crippen LogP contribution in [-0.4, -0.2) is 9.97 Å². The Morgan fingerprint density at radius 1 is 1.29 bits per heavy atom. The molecule has 0 aliphatic carbocycles. The molecule has 0 unspecified atom stereocenters. The summed E-state index contributed by atoms with van der Waals surface area (Å²) in [4.78, 5) is 7.52. The van der Waals surface area contributed by atoms with Crippen molar-refractivity contribution in [3.05, 3.63) is 40.1 Å². The number of aromatic nitrogens is 2. The average Bonchev–Trinajstić information content (AvgIpc) is 2.57. The van der Waals surface area contributed by atoms with Crippen LogP contribution in [0.25, 0.3) is 11.4 Å². The van der Waals surface area contributed by atoms with Crippen molar-refractivity contribution in [2.75, 3.05) is 0 Å². The molecule has 1 aromatic heterocycles. The highest BCUT2D eigenvalue weighted by Crippen LogP contribution is 2.28. The number of halogens is 1. The van der Waals surface area contributed by atoms with E-state index in [9.17, 15) is 0 Å². The van der Waals surface area contributed by atoms with Gasteiger partial charge in [0.25, 0.3) is 0 Å². The minimum atomic E-state index is 0.915. The minimum absolute atomic E-state index is 0.915. The lowest BCUT2D eigenvalue weighted by molar-refractivity contribution is 1.25. The summed E-state index contributed by atoms with van der Waals surface area (Å²) in [5.41, 5.74) is 3.41. The zero-order valence-corrected chi connectivity index (χ0v) is 9.72. The predicted molar refractivity (Wildman–Crippen MR) is 61.2 cm³/mol. The van der Waals surface area contributed by atoms with Gasteiger partial charge in [0.1, 0.15) is 5.82 Å². The first kappa shape index (κ1) is 9.46. The van der Waals surface area contributed by atoms with Crippen LogP contribution in [0.5, 0.6) is 0 Å². The third kappa shape index (κ3) is 1.60. The van der Waals surface area contributed by atoms with E-state index < -0.39 is 0 Å². The van der Waals surface area contributed by atoms with E-state index in [0.717, 1.165) is 21.6 Å². The quantitative estimate of drug-likeness (QED) is 0.826. The van der Waals surface area contributed by atoms with Crippen molar-refractivity contribution in [1.29, 1.82) is 0 Å². The fourth-order valence-electron chi connectivity index (χ4n) is 1.38. The Bertz CT molecular complexity index is 460. The molecular weight excluding hydrogens is 240 g/mol. The van der Waals surface area contributed by atoms with Crippen molar-refractivity contribution in [3.8, 4) is 11.4 Å². The van der Waals surface area contributed by atoms with Gasteiger partial charge in [0.05, 0.1) is 0 Å². The van der Waals surface area contributed by atoms with Crippen LogP contribution in [0.4, 0.5) is 0 Å². The Labute approximate surface area is 91.5 Å². The number of benzene rings is 1. The third-order valence-corrected chi connectivity index (χ3v) is 3.20. The molecule has 0 aliphatic heterocycles. The molecule has 0 saturated carbocycles. The van der Waals surface area contributed by atoms with Gasteiger partial charge in [-0.2, -0.15) is 0 Å². The average molecular weight is 251 g/mol. The summed E-state index contributed by atoms with van der Waals surface area (Å²) >= 11 is 3.57. The summed E-state index contributed by atoms with van der Waals surface area (Å²) in [6.07, 6.45) is 1.84. The fourth-order valence-corrected chi connectivity index (χ4v) is 1.83. The summed E-state index contributed by atoms with van der Waals surface area (Å²) < 4.78 is 1.11. The summed E-state index contributed by atoms with van der Waals surface area (Å²) in [5.74, 6) is 0.915. The maximum absolute atomic E-state index is 4.30. The van der Waals surface area contributed by atoms with E-state index in [4.69, 9.17) is 0 Å². The van der Waals surface area contributed by atoms with Crippen LogP contribution in [0, 0.1) is 13.8 Å². The van der Waals surface area contributed by atoms with Crippen LogP contribution in [0.15, 0.2) is 28.9 Å². The molecular formula is C11H11BrN2. The Hall–Kier alpha value is -1.09. The number of rotatable bonds is 1. The number of hydrogen-bond donors (Lipinski definition) is 1. The van der Waals surface area contributed by atoms with Gasteiger partial charge in [0.2, 0.25) is 0 Å². The molecule has 0 amide bonds. The van der Waals surface area contributed by atoms with Crippen molar-refractivity contribution in [2.24, 2.45) is 0 Å². The number of H-pyrrole nitrogens is 1. The van der Waals surface area contributed by atoms with Crippen LogP contribution in [0.2, 0.25) is 0 Å². The van der Waals surface area contributed by atoms with Crippen molar-refractivity contribution < 1.29 is 0 Å². The topological polar surface area (TPSA) is 28.7 Å². The van der Waals surface area contributed by atoms with Gasteiger partial charge < -0.3 is 4.98 Å². The molecule has 0 bridgehead atoms. The first-order chi connectivity index (χ1) is 6.68. The largest absolute Gasteiger partial charge is 0.342 e. The van der Waals surface area contributed by atoms with Crippen LogP contribution >= 0.6 is 15.9 Å². The highest BCUT2D eigenvalue weighted by atomic mass is 79.9. The first-order valence-corrected chi connectivity index (χ1v) is 5.25. The van der Waals surface area contributed by atoms with Gasteiger partial charge in [-0.15, -0.1) is 0 Å². The minimum Gasteiger partial charge on any atom is -0.342 e. The molecule has 1 aromatic carbocycles. The predicted octanol–water partition coefficient (Wildman–Crippen LogP) is 3.46. The number of hydrogen-bond acceptors (Lipinski definition) is 1. The normalized spacial score (nSPS) is 10.5. The molecule has 14 heavy (non-hydrogen) atoms. The van der Waals surface area contributed by atoms with E-state index in [0.29, 0.717) is 0 Å². The van der Waals surface area contributed by atoms with Gasteiger partial charge in [-0.05, 0) is 35.3 Å². The van der Waals surface area contributed by atoms with E-state index in [2.05, 4.69) is 45.0 Å². The summed E-state index contributed by atoms with van der Waals surface area (Å²) in [6.45, 7) is 4.07. The number of nitrogens with one attached hydrogen (secondary N) is 1. The Morgan fingerprint density at radius 3 is 2.71 bits per heavy atom. The van der Waals surface area contributed by atoms with Gasteiger partial charge in [-0.3, -0.25) is 0 Å². The van der Waals surface area contributed by atoms with E-state index in [-0.39, 0.29) is 0 Å². The van der Waals surface area contributed by atoms with Crippen molar-refractivity contribution in [3.63, 3.8) is 0 Å². The molecule has 3 heteroatoms. The molecule has 0 fully saturated rings. The molecule has 0 atom stereocenters. The summed E-state index contributed by atoms with van der Waals surface area (Å²) in [5, 5.41) is 0. The molecule has 0 saturated heterocycles. The fraction of sp³-hybridized carbons (Fsp3) is 0.182. The van der Waals surface area contributed by atoms with E-state index in [1.807, 2.05) is 19.2 Å². The van der Waals surface area contributed by atoms with E-state index >= 15 is 0 Å². The summed E-state index contributed by atoms with van der Waals surface area (Å²) in [7, 11) is 0. The number of nitrogens with zero attached hydrogens (tertiary/aromatic N) is 1. The van der Waals surface area contributed by atoms with Crippen LogP contribution in [0.3, 0.4) is 0 Å². The SMILES string of the molecule is Cc1cnc(-c2cccc(C)c2Br)[nH]1. The molecule has 72 valence electrons. The van der Waals surface area contributed by atoms with Crippen molar-refractivity contribution in [1.82, 2.24) is 9.97 Å². The van der Waals surface area contributed by atoms with Crippen LogP contribution in [-0.2, 0) is 0 Å². The second-order valence-electron chi connectivity index (χ2n) is 3.35. The van der Waals surface area contributed by atoms with Gasteiger partial charge in [-0.25, -0.2) is 4.98 Å². The van der Waals surface area contributed by atoms with E-state index in [1.165, 1.54) is 5.56 Å². The molecule has 2 aromatic rings. The molecule has 1 heterocycles. The molecule has 0 spiro atoms. The molecule has 2 nitrogen and oxygen atoms in total. The lowest BCUT2D eigenvalue weighted by atomic mass is 10.1. The zero-order chi connectivity index (χ0) is 10.1. The maximum atomic E-state index is 4.30.